The normalized spacial score (nSPS) is 20.5. The lowest BCUT2D eigenvalue weighted by atomic mass is 9.96. The Morgan fingerprint density at radius 3 is 1.67 bits per heavy atom. The zero-order valence-corrected chi connectivity index (χ0v) is 55.8. The van der Waals surface area contributed by atoms with Crippen molar-refractivity contribution in [3.63, 3.8) is 0 Å². The minimum Gasteiger partial charge on any atom is -0.378 e. The van der Waals surface area contributed by atoms with Gasteiger partial charge in [0.05, 0.1) is 116 Å². The summed E-state index contributed by atoms with van der Waals surface area (Å²) in [5.41, 5.74) is 13.9. The van der Waals surface area contributed by atoms with Crippen LogP contribution in [0.4, 0.5) is 0 Å². The first-order chi connectivity index (χ1) is 45.4. The molecule has 5 amide bonds. The zero-order valence-electron chi connectivity index (χ0n) is 53.3. The SMILES string of the molecule is NC1=NC2C(CSC2CCCCC(=O)NCCCCCC(=O)Cc2cc(CC(=O)CCCCCNC(=O)CCCCC3SCC4NC(N)=NC43)cc(C(=O)NCCOCc3cn(CCOCCOCCOCCOCCC(=O)ON4C(=O)CC(S(=O)(=O)O)C4=O)nn3)c2)N1. The number of nitrogens with one attached hydrogen (secondary N) is 5. The Kier molecular flexibility index (Phi) is 32.2. The maximum Gasteiger partial charge on any atom is 0.335 e. The zero-order chi connectivity index (χ0) is 67.1. The number of fused-ring (bicyclic) bond motifs is 2. The molecule has 0 radical (unpaired) electrons. The highest BCUT2D eigenvalue weighted by atomic mass is 32.2. The van der Waals surface area contributed by atoms with E-state index in [1.807, 2.05) is 29.6 Å². The topological polar surface area (TPSA) is 417 Å². The van der Waals surface area contributed by atoms with Crippen LogP contribution in [0.3, 0.4) is 0 Å². The number of amides is 5. The quantitative estimate of drug-likeness (QED) is 0.0264. The van der Waals surface area contributed by atoms with Gasteiger partial charge in [-0.05, 0) is 74.6 Å². The predicted octanol–water partition coefficient (Wildman–Crippen LogP) is 1.39. The van der Waals surface area contributed by atoms with Crippen molar-refractivity contribution in [1.82, 2.24) is 46.6 Å². The van der Waals surface area contributed by atoms with Gasteiger partial charge in [0.2, 0.25) is 11.8 Å². The van der Waals surface area contributed by atoms with Gasteiger partial charge >= 0.3 is 5.97 Å². The number of unbranched alkanes of at least 4 members (excludes halogenated alkanes) is 6. The molecule has 0 saturated carbocycles. The molecule has 3 fully saturated rings. The summed E-state index contributed by atoms with van der Waals surface area (Å²) >= 11 is 3.84. The Labute approximate surface area is 556 Å². The maximum atomic E-state index is 13.6. The molecule has 0 aliphatic carbocycles. The number of rotatable bonds is 49. The summed E-state index contributed by atoms with van der Waals surface area (Å²) in [6.07, 6.45) is 12.4. The molecule has 522 valence electrons. The van der Waals surface area contributed by atoms with Crippen LogP contribution in [0.2, 0.25) is 0 Å². The van der Waals surface area contributed by atoms with Crippen LogP contribution in [0.1, 0.15) is 143 Å². The highest BCUT2D eigenvalue weighted by Crippen LogP contribution is 2.36. The number of benzene rings is 1. The fourth-order valence-corrected chi connectivity index (χ4v) is 15.0. The number of carbonyl (C=O) groups excluding carboxylic acids is 8. The van der Waals surface area contributed by atoms with Gasteiger partial charge in [-0.15, -0.1) is 10.2 Å². The third-order valence-corrected chi connectivity index (χ3v) is 20.2. The van der Waals surface area contributed by atoms with Gasteiger partial charge in [-0.3, -0.25) is 38.1 Å². The first kappa shape index (κ1) is 75.1. The number of aromatic nitrogens is 3. The molecule has 0 spiro atoms. The molecule has 5 aliphatic heterocycles. The van der Waals surface area contributed by atoms with Crippen LogP contribution in [0.25, 0.3) is 0 Å². The summed E-state index contributed by atoms with van der Waals surface area (Å²) < 4.78 is 60.7. The average Bonchev–Trinajstić information content (AvgIpc) is 1.67. The monoisotopic (exact) mass is 1380 g/mol. The second-order valence-corrected chi connectivity index (χ2v) is 27.9. The second-order valence-electron chi connectivity index (χ2n) is 23.7. The summed E-state index contributed by atoms with van der Waals surface area (Å²) in [5.74, 6) is -0.630. The van der Waals surface area contributed by atoms with Crippen molar-refractivity contribution in [1.29, 1.82) is 0 Å². The summed E-state index contributed by atoms with van der Waals surface area (Å²) in [5, 5.41) is 22.5. The number of aliphatic imine (C=N–C) groups is 2. The molecule has 7 rings (SSSR count). The number of thioether (sulfide) groups is 2. The molecule has 1 aromatic heterocycles. The third-order valence-electron chi connectivity index (χ3n) is 16.1. The smallest absolute Gasteiger partial charge is 0.335 e. The molecule has 30 nitrogen and oxygen atoms in total. The van der Waals surface area contributed by atoms with Crippen molar-refractivity contribution in [2.75, 3.05) is 90.6 Å². The molecule has 10 N–H and O–H groups in total. The van der Waals surface area contributed by atoms with Gasteiger partial charge in [0.15, 0.2) is 17.2 Å². The number of guanidine groups is 2. The number of nitrogens with zero attached hydrogens (tertiary/aromatic N) is 6. The van der Waals surface area contributed by atoms with Crippen LogP contribution < -0.4 is 38.1 Å². The summed E-state index contributed by atoms with van der Waals surface area (Å²) in [7, 11) is -4.82. The van der Waals surface area contributed by atoms with E-state index in [4.69, 9.17) is 39.7 Å². The summed E-state index contributed by atoms with van der Waals surface area (Å²) in [6, 6.07) is 6.31. The number of ether oxygens (including phenoxy) is 5. The Morgan fingerprint density at radius 2 is 1.14 bits per heavy atom. The number of Topliss-reactive ketones (excluding diaryl/α,β-unsaturated/α-hetero) is 2. The minimum atomic E-state index is -4.82. The number of imide groups is 1. The van der Waals surface area contributed by atoms with Crippen molar-refractivity contribution in [2.45, 2.75) is 181 Å². The van der Waals surface area contributed by atoms with Crippen molar-refractivity contribution in [3.8, 4) is 0 Å². The molecule has 33 heteroatoms. The van der Waals surface area contributed by atoms with Crippen LogP contribution in [0, 0.1) is 0 Å². The van der Waals surface area contributed by atoms with Gasteiger partial charge in [0.25, 0.3) is 27.8 Å². The standard InChI is InChI=1S/C61H93N13O17S3/c62-60-67-47-39-92-49(56(47)69-60)13-5-7-15-52(77)64-18-9-1-3-11-45(75)34-41-31-42(35-46(76)12-4-2-10-19-65-53(78)16-8-6-14-50-57-48(40-93-50)68-61(63)70-57)33-43(32-41)58(81)66-20-23-90-38-44-37-73(72-71-44)21-24-87-26-28-89-30-29-88-27-25-86-22-17-55(80)91-74-54(79)36-51(59(74)82)94(83,84)85/h31-33,37,47-51,56-57H,1-30,34-36,38-40H2,(H,64,77)(H,65,78)(H,66,81)(H3,62,67,69)(H3,63,68,70)(H,83,84,85). The molecule has 94 heavy (non-hydrogen) atoms. The summed E-state index contributed by atoms with van der Waals surface area (Å²) in [4.78, 5) is 115. The Morgan fingerprint density at radius 1 is 0.617 bits per heavy atom. The van der Waals surface area contributed by atoms with E-state index >= 15 is 0 Å². The van der Waals surface area contributed by atoms with E-state index in [1.165, 1.54) is 0 Å². The van der Waals surface area contributed by atoms with Crippen LogP contribution in [0.15, 0.2) is 34.4 Å². The number of carbonyl (C=O) groups is 8. The van der Waals surface area contributed by atoms with E-state index in [9.17, 15) is 46.8 Å². The number of nitrogens with two attached hydrogens (primary N) is 2. The molecular weight excluding hydrogens is 1280 g/mol. The van der Waals surface area contributed by atoms with Gasteiger partial charge in [-0.1, -0.05) is 37.0 Å². The first-order valence-corrected chi connectivity index (χ1v) is 36.2. The molecule has 2 aromatic rings. The number of ketones is 2. The van der Waals surface area contributed by atoms with Crippen LogP contribution >= 0.6 is 23.5 Å². The average molecular weight is 1380 g/mol. The molecule has 7 unspecified atom stereocenters. The molecular formula is C61H93N13O17S3. The van der Waals surface area contributed by atoms with Crippen molar-refractivity contribution < 1.29 is 79.8 Å². The van der Waals surface area contributed by atoms with Gasteiger partial charge in [-0.25, -0.2) is 19.5 Å². The van der Waals surface area contributed by atoms with Crippen LogP contribution in [-0.4, -0.2) is 223 Å². The van der Waals surface area contributed by atoms with E-state index in [0.29, 0.717) is 135 Å². The van der Waals surface area contributed by atoms with Gasteiger partial charge in [-0.2, -0.15) is 31.9 Å². The molecule has 1 aromatic carbocycles. The number of hydrogen-bond acceptors (Lipinski definition) is 26. The van der Waals surface area contributed by atoms with Gasteiger partial charge in [0, 0.05) is 85.7 Å². The van der Waals surface area contributed by atoms with Gasteiger partial charge < -0.3 is 66.6 Å². The van der Waals surface area contributed by atoms with E-state index in [0.717, 1.165) is 75.7 Å². The molecule has 3 saturated heterocycles. The molecule has 7 atom stereocenters. The third kappa shape index (κ3) is 26.7. The Bertz CT molecular complexity index is 2910. The van der Waals surface area contributed by atoms with Gasteiger partial charge in [0.1, 0.15) is 17.3 Å². The lowest BCUT2D eigenvalue weighted by Gasteiger charge is -2.14. The van der Waals surface area contributed by atoms with E-state index < -0.39 is 39.6 Å². The maximum absolute atomic E-state index is 13.6. The molecule has 0 bridgehead atoms. The number of hydroxylamine groups is 2. The van der Waals surface area contributed by atoms with Crippen molar-refractivity contribution >= 4 is 92.6 Å². The fraction of sp³-hybridized carbons (Fsp3) is 0.705. The second kappa shape index (κ2) is 40.3. The van der Waals surface area contributed by atoms with E-state index in [-0.39, 0.29) is 118 Å². The number of hydrogen-bond donors (Lipinski definition) is 8. The lowest BCUT2D eigenvalue weighted by molar-refractivity contribution is -0.198. The van der Waals surface area contributed by atoms with E-state index in [2.05, 4.69) is 51.7 Å². The van der Waals surface area contributed by atoms with Crippen LogP contribution in [0.5, 0.6) is 0 Å². The Hall–Kier alpha value is -6.33. The highest BCUT2D eigenvalue weighted by molar-refractivity contribution is 8.00. The largest absolute Gasteiger partial charge is 0.378 e. The highest BCUT2D eigenvalue weighted by Gasteiger charge is 2.48. The fourth-order valence-electron chi connectivity index (χ4n) is 11.3. The minimum absolute atomic E-state index is 0.0157. The van der Waals surface area contributed by atoms with Crippen molar-refractivity contribution in [2.24, 2.45) is 21.5 Å². The first-order valence-electron chi connectivity index (χ1n) is 32.6. The summed E-state index contributed by atoms with van der Waals surface area (Å²) in [6.45, 7) is 3.75. The Balaban J connectivity index is 0.726. The lowest BCUT2D eigenvalue weighted by Crippen LogP contribution is -2.38. The molecule has 6 heterocycles. The molecule has 5 aliphatic rings. The predicted molar refractivity (Wildman–Crippen MR) is 349 cm³/mol. The van der Waals surface area contributed by atoms with Crippen molar-refractivity contribution in [3.05, 3.63) is 46.8 Å². The van der Waals surface area contributed by atoms with Crippen LogP contribution in [-0.2, 0) is 98.2 Å². The van der Waals surface area contributed by atoms with E-state index in [1.54, 1.807) is 23.0 Å².